The highest BCUT2D eigenvalue weighted by molar-refractivity contribution is 6.31. The largest absolute Gasteiger partial charge is 0.495 e. The summed E-state index contributed by atoms with van der Waals surface area (Å²) in [5, 5.41) is 6.61. The Bertz CT molecular complexity index is 927. The van der Waals surface area contributed by atoms with E-state index < -0.39 is 0 Å². The van der Waals surface area contributed by atoms with Crippen molar-refractivity contribution in [2.75, 3.05) is 17.7 Å². The number of nitrogens with one attached hydrogen (secondary N) is 2. The number of carbonyl (C=O) groups is 1. The van der Waals surface area contributed by atoms with Crippen LogP contribution in [-0.4, -0.2) is 18.0 Å². The smallest absolute Gasteiger partial charge is 0.274 e. The van der Waals surface area contributed by atoms with Crippen LogP contribution in [0.15, 0.2) is 60.8 Å². The topological polar surface area (TPSA) is 63.2 Å². The van der Waals surface area contributed by atoms with Crippen molar-refractivity contribution in [3.8, 4) is 5.75 Å². The summed E-state index contributed by atoms with van der Waals surface area (Å²) in [6.45, 7) is 1.97. The maximum Gasteiger partial charge on any atom is 0.274 e. The Morgan fingerprint density at radius 3 is 2.62 bits per heavy atom. The van der Waals surface area contributed by atoms with Crippen LogP contribution >= 0.6 is 11.6 Å². The quantitative estimate of drug-likeness (QED) is 0.662. The minimum Gasteiger partial charge on any atom is -0.495 e. The van der Waals surface area contributed by atoms with Crippen LogP contribution < -0.4 is 15.4 Å². The molecule has 0 aliphatic heterocycles. The van der Waals surface area contributed by atoms with E-state index in [-0.39, 0.29) is 5.91 Å². The van der Waals surface area contributed by atoms with Gasteiger partial charge in [0, 0.05) is 10.7 Å². The van der Waals surface area contributed by atoms with E-state index in [4.69, 9.17) is 16.3 Å². The molecule has 0 saturated carbocycles. The predicted molar refractivity (Wildman–Crippen MR) is 105 cm³/mol. The Balaban J connectivity index is 1.72. The molecule has 0 saturated heterocycles. The first-order valence-electron chi connectivity index (χ1n) is 8.00. The molecule has 0 radical (unpaired) electrons. The first kappa shape index (κ1) is 17.8. The Kier molecular flexibility index (Phi) is 5.39. The van der Waals surface area contributed by atoms with Crippen LogP contribution in [0.3, 0.4) is 0 Å². The summed E-state index contributed by atoms with van der Waals surface area (Å²) in [6.07, 6.45) is 1.59. The van der Waals surface area contributed by atoms with Gasteiger partial charge in [0.1, 0.15) is 11.4 Å². The Morgan fingerprint density at radius 2 is 1.92 bits per heavy atom. The van der Waals surface area contributed by atoms with Crippen LogP contribution in [0.2, 0.25) is 5.02 Å². The molecule has 0 atom stereocenters. The molecule has 132 valence electrons. The van der Waals surface area contributed by atoms with Crippen molar-refractivity contribution in [2.24, 2.45) is 0 Å². The Morgan fingerprint density at radius 1 is 1.08 bits per heavy atom. The van der Waals surface area contributed by atoms with E-state index in [9.17, 15) is 4.79 Å². The number of halogens is 1. The summed E-state index contributed by atoms with van der Waals surface area (Å²) in [4.78, 5) is 16.5. The molecule has 3 rings (SSSR count). The number of nitrogens with zero attached hydrogens (tertiary/aromatic N) is 1. The molecular weight excluding hydrogens is 350 g/mol. The Hall–Kier alpha value is -3.05. The molecular formula is C20H18ClN3O2. The molecule has 26 heavy (non-hydrogen) atoms. The second-order valence-corrected chi connectivity index (χ2v) is 6.16. The number of hydrogen-bond acceptors (Lipinski definition) is 4. The maximum atomic E-state index is 12.3. The molecule has 0 bridgehead atoms. The number of methoxy groups -OCH3 is 1. The number of pyridine rings is 1. The maximum absolute atomic E-state index is 12.3. The molecule has 0 spiro atoms. The summed E-state index contributed by atoms with van der Waals surface area (Å²) in [5.74, 6) is 0.401. The van der Waals surface area contributed by atoms with E-state index in [2.05, 4.69) is 15.6 Å². The van der Waals surface area contributed by atoms with Gasteiger partial charge in [-0.25, -0.2) is 4.98 Å². The standard InChI is InChI=1S/C20H18ClN3O2/c1-13-4-3-5-15(10-13)24-20(25)17-8-7-16(12-22-17)23-18-11-14(21)6-9-19(18)26-2/h3-12,23H,1-2H3,(H,24,25). The molecule has 1 aromatic heterocycles. The van der Waals surface area contributed by atoms with Crippen molar-refractivity contribution in [3.63, 3.8) is 0 Å². The van der Waals surface area contributed by atoms with Crippen LogP contribution in [0.5, 0.6) is 5.75 Å². The first-order valence-corrected chi connectivity index (χ1v) is 8.37. The van der Waals surface area contributed by atoms with Crippen LogP contribution in [0.25, 0.3) is 0 Å². The molecule has 1 amide bonds. The molecule has 0 aliphatic carbocycles. The van der Waals surface area contributed by atoms with Gasteiger partial charge in [0.05, 0.1) is 24.7 Å². The number of anilines is 3. The van der Waals surface area contributed by atoms with E-state index in [1.54, 1.807) is 43.6 Å². The van der Waals surface area contributed by atoms with E-state index in [1.807, 2.05) is 31.2 Å². The number of carbonyl (C=O) groups excluding carboxylic acids is 1. The zero-order valence-electron chi connectivity index (χ0n) is 14.4. The van der Waals surface area contributed by atoms with Gasteiger partial charge in [-0.1, -0.05) is 23.7 Å². The van der Waals surface area contributed by atoms with Gasteiger partial charge in [-0.3, -0.25) is 4.79 Å². The molecule has 0 aliphatic rings. The average molecular weight is 368 g/mol. The third kappa shape index (κ3) is 4.32. The van der Waals surface area contributed by atoms with Crippen LogP contribution in [0.4, 0.5) is 17.1 Å². The van der Waals surface area contributed by atoms with Gasteiger partial charge in [-0.15, -0.1) is 0 Å². The minimum atomic E-state index is -0.262. The third-order valence-electron chi connectivity index (χ3n) is 3.71. The lowest BCUT2D eigenvalue weighted by atomic mass is 10.2. The lowest BCUT2D eigenvalue weighted by molar-refractivity contribution is 0.102. The number of hydrogen-bond donors (Lipinski definition) is 2. The van der Waals surface area contributed by atoms with Crippen LogP contribution in [-0.2, 0) is 0 Å². The molecule has 0 fully saturated rings. The highest BCUT2D eigenvalue weighted by Gasteiger charge is 2.09. The van der Waals surface area contributed by atoms with Gasteiger partial charge in [-0.05, 0) is 55.0 Å². The SMILES string of the molecule is COc1ccc(Cl)cc1Nc1ccc(C(=O)Nc2cccc(C)c2)nc1. The zero-order chi connectivity index (χ0) is 18.5. The molecule has 0 unspecified atom stereocenters. The Labute approximate surface area is 157 Å². The van der Waals surface area contributed by atoms with Gasteiger partial charge in [0.25, 0.3) is 5.91 Å². The number of aromatic nitrogens is 1. The third-order valence-corrected chi connectivity index (χ3v) is 3.95. The molecule has 3 aromatic rings. The fourth-order valence-electron chi connectivity index (χ4n) is 2.45. The van der Waals surface area contributed by atoms with E-state index in [0.29, 0.717) is 16.5 Å². The van der Waals surface area contributed by atoms with Gasteiger partial charge in [0.2, 0.25) is 0 Å². The van der Waals surface area contributed by atoms with E-state index in [0.717, 1.165) is 22.6 Å². The van der Waals surface area contributed by atoms with Crippen molar-refractivity contribution in [1.82, 2.24) is 4.98 Å². The van der Waals surface area contributed by atoms with E-state index in [1.165, 1.54) is 0 Å². The number of benzene rings is 2. The molecule has 2 N–H and O–H groups in total. The summed E-state index contributed by atoms with van der Waals surface area (Å²) in [5.41, 5.74) is 3.58. The normalized spacial score (nSPS) is 10.3. The summed E-state index contributed by atoms with van der Waals surface area (Å²) >= 11 is 6.03. The molecule has 6 heteroatoms. The average Bonchev–Trinajstić information content (AvgIpc) is 2.62. The number of ether oxygens (including phenoxy) is 1. The predicted octanol–water partition coefficient (Wildman–Crippen LogP) is 5.05. The molecule has 2 aromatic carbocycles. The number of amides is 1. The van der Waals surface area contributed by atoms with Gasteiger partial charge in [-0.2, -0.15) is 0 Å². The van der Waals surface area contributed by atoms with Crippen molar-refractivity contribution in [2.45, 2.75) is 6.92 Å². The lowest BCUT2D eigenvalue weighted by Gasteiger charge is -2.12. The summed E-state index contributed by atoms with van der Waals surface area (Å²) in [7, 11) is 1.59. The van der Waals surface area contributed by atoms with E-state index >= 15 is 0 Å². The second kappa shape index (κ2) is 7.89. The second-order valence-electron chi connectivity index (χ2n) is 5.73. The van der Waals surface area contributed by atoms with Crippen molar-refractivity contribution < 1.29 is 9.53 Å². The number of rotatable bonds is 5. The van der Waals surface area contributed by atoms with Crippen LogP contribution in [0.1, 0.15) is 16.1 Å². The lowest BCUT2D eigenvalue weighted by Crippen LogP contribution is -2.13. The van der Waals surface area contributed by atoms with Gasteiger partial charge in [0.15, 0.2) is 0 Å². The highest BCUT2D eigenvalue weighted by Crippen LogP contribution is 2.30. The fraction of sp³-hybridized carbons (Fsp3) is 0.100. The van der Waals surface area contributed by atoms with Gasteiger partial charge < -0.3 is 15.4 Å². The molecule has 1 heterocycles. The first-order chi connectivity index (χ1) is 12.5. The van der Waals surface area contributed by atoms with Crippen molar-refractivity contribution >= 4 is 34.6 Å². The summed E-state index contributed by atoms with van der Waals surface area (Å²) in [6, 6.07) is 16.3. The highest BCUT2D eigenvalue weighted by atomic mass is 35.5. The fourth-order valence-corrected chi connectivity index (χ4v) is 2.63. The monoisotopic (exact) mass is 367 g/mol. The van der Waals surface area contributed by atoms with Gasteiger partial charge >= 0.3 is 0 Å². The van der Waals surface area contributed by atoms with Crippen molar-refractivity contribution in [3.05, 3.63) is 77.1 Å². The van der Waals surface area contributed by atoms with Crippen LogP contribution in [0, 0.1) is 6.92 Å². The van der Waals surface area contributed by atoms with Crippen molar-refractivity contribution in [1.29, 1.82) is 0 Å². The number of aryl methyl sites for hydroxylation is 1. The molecule has 5 nitrogen and oxygen atoms in total. The minimum absolute atomic E-state index is 0.262. The summed E-state index contributed by atoms with van der Waals surface area (Å²) < 4.78 is 5.30. The zero-order valence-corrected chi connectivity index (χ0v) is 15.2.